The summed E-state index contributed by atoms with van der Waals surface area (Å²) in [6, 6.07) is 195. The van der Waals surface area contributed by atoms with E-state index in [9.17, 15) is 0 Å². The summed E-state index contributed by atoms with van der Waals surface area (Å²) in [4.78, 5) is 7.41. The second-order valence-corrected chi connectivity index (χ2v) is 42.8. The molecule has 29 rings (SSSR count). The van der Waals surface area contributed by atoms with Crippen LogP contribution in [0.1, 0.15) is 47.2 Å². The number of hydrogen-bond donors (Lipinski definition) is 0. The molecule has 0 fully saturated rings. The van der Waals surface area contributed by atoms with Crippen molar-refractivity contribution in [3.8, 4) is 89.0 Å². The summed E-state index contributed by atoms with van der Waals surface area (Å²) in [6.07, 6.45) is 0. The highest BCUT2D eigenvalue weighted by atomic mass is 32.1. The van der Waals surface area contributed by atoms with E-state index in [0.29, 0.717) is 0 Å². The van der Waals surface area contributed by atoms with Gasteiger partial charge in [-0.3, -0.25) is 0 Å². The molecule has 3 aromatic heterocycles. The second-order valence-electron chi connectivity index (χ2n) is 39.6. The van der Waals surface area contributed by atoms with Gasteiger partial charge < -0.3 is 14.7 Å². The van der Waals surface area contributed by atoms with E-state index < -0.39 is 5.41 Å². The highest BCUT2D eigenvalue weighted by Gasteiger charge is 2.47. The second kappa shape index (κ2) is 34.1. The number of thiophene rings is 3. The van der Waals surface area contributed by atoms with Gasteiger partial charge in [-0.25, -0.2) is 0 Å². The Kier molecular flexibility index (Phi) is 19.9. The fourth-order valence-electron chi connectivity index (χ4n) is 24.5. The molecule has 0 unspecified atom stereocenters. The number of fused-ring (bicyclic) bond motifs is 19. The molecular formula is C140H91N3S3. The fraction of sp³-hybridized carbons (Fsp3) is 0.0286. The van der Waals surface area contributed by atoms with Gasteiger partial charge in [0.15, 0.2) is 0 Å². The lowest BCUT2D eigenvalue weighted by Gasteiger charge is -2.34. The van der Waals surface area contributed by atoms with Gasteiger partial charge >= 0.3 is 0 Å². The molecule has 3 nitrogen and oxygen atoms in total. The highest BCUT2D eigenvalue weighted by Crippen LogP contribution is 2.60. The van der Waals surface area contributed by atoms with Crippen molar-refractivity contribution in [2.45, 2.75) is 24.7 Å². The Bertz CT molecular complexity index is 9990. The molecule has 27 aromatic rings. The molecule has 0 bridgehead atoms. The predicted octanol–water partition coefficient (Wildman–Crippen LogP) is 40.5. The van der Waals surface area contributed by atoms with Crippen LogP contribution < -0.4 is 14.7 Å². The Morgan fingerprint density at radius 3 is 0.925 bits per heavy atom. The van der Waals surface area contributed by atoms with Gasteiger partial charge in [-0.1, -0.05) is 372 Å². The molecule has 6 heteroatoms. The van der Waals surface area contributed by atoms with Crippen LogP contribution in [0.2, 0.25) is 0 Å². The summed E-state index contributed by atoms with van der Waals surface area (Å²) in [5, 5.41) is 17.3. The van der Waals surface area contributed by atoms with Crippen molar-refractivity contribution in [2.75, 3.05) is 14.7 Å². The summed E-state index contributed by atoms with van der Waals surface area (Å²) >= 11 is 5.58. The van der Waals surface area contributed by atoms with Gasteiger partial charge in [0.25, 0.3) is 0 Å². The van der Waals surface area contributed by atoms with Crippen LogP contribution in [0.5, 0.6) is 0 Å². The van der Waals surface area contributed by atoms with E-state index in [2.05, 4.69) is 544 Å². The Labute approximate surface area is 859 Å². The first kappa shape index (κ1) is 85.2. The lowest BCUT2D eigenvalue weighted by molar-refractivity contribution is 0.660. The van der Waals surface area contributed by atoms with Crippen molar-refractivity contribution in [2.24, 2.45) is 0 Å². The minimum absolute atomic E-state index is 0.334. The molecule has 2 aliphatic carbocycles. The number of benzene rings is 24. The highest BCUT2D eigenvalue weighted by molar-refractivity contribution is 7.26. The van der Waals surface area contributed by atoms with Crippen LogP contribution in [0.25, 0.3) is 193 Å². The molecule has 0 spiro atoms. The Morgan fingerprint density at radius 1 is 0.158 bits per heavy atom. The first-order valence-corrected chi connectivity index (χ1v) is 52.8. The smallest absolute Gasteiger partial charge is 0.0713 e. The number of rotatable bonds is 17. The molecule has 24 aromatic carbocycles. The van der Waals surface area contributed by atoms with Crippen LogP contribution in [0.4, 0.5) is 51.2 Å². The number of hydrogen-bond acceptors (Lipinski definition) is 6. The van der Waals surface area contributed by atoms with Crippen LogP contribution in [-0.2, 0) is 10.8 Å². The standard InChI is InChI=1S/C140H91N3S3/c1-139(2)128-82-95(59-68-118(128)119-70-63-106(87-129(119)139)142(104-65-76-137-126(85-104)123-49-18-21-54-134(123)145-137)101-40-23-32-92(78-101)108-51-26-30-89-28-9-11-42-107(89)108)111-73-71-109(114-44-13-15-46-116(111)114)93-33-24-39-100(79-93)141(103-64-75-136-125(84-103)122-48-17-20-53-133(122)144-136)99-61-56-88(57-62-99)91-58-67-120-121-69-60-96(83-131(121)140(130(120)81-91,97-35-5-3-6-36-97)98-37-7-4-8-38-98)112-74-72-110(115-45-14-16-47-117(112)115)94-34-25-41-102(80-94)143(132-52-27-31-90-29-10-12-43-113(90)132)105-66-77-138-127(86-105)124-50-19-22-55-135(124)146-138/h3-87H,1-2H3. The monoisotopic (exact) mass is 1910 g/mol. The van der Waals surface area contributed by atoms with Gasteiger partial charge in [-0.2, -0.15) is 0 Å². The molecule has 0 amide bonds. The third kappa shape index (κ3) is 13.7. The zero-order valence-electron chi connectivity index (χ0n) is 80.1. The van der Waals surface area contributed by atoms with E-state index in [1.807, 2.05) is 34.0 Å². The van der Waals surface area contributed by atoms with Gasteiger partial charge in [-0.15, -0.1) is 34.0 Å². The third-order valence-electron chi connectivity index (χ3n) is 31.3. The Balaban J connectivity index is 0.503. The molecule has 0 aliphatic heterocycles. The molecule has 0 radical (unpaired) electrons. The number of nitrogens with zero attached hydrogens (tertiary/aromatic N) is 3. The maximum absolute atomic E-state index is 2.53. The van der Waals surface area contributed by atoms with Crippen LogP contribution in [0.15, 0.2) is 516 Å². The van der Waals surface area contributed by atoms with Crippen LogP contribution in [0, 0.1) is 0 Å². The topological polar surface area (TPSA) is 9.72 Å². The van der Waals surface area contributed by atoms with Gasteiger partial charge in [0.05, 0.1) is 11.1 Å². The van der Waals surface area contributed by atoms with Gasteiger partial charge in [0.1, 0.15) is 0 Å². The average molecular weight is 1910 g/mol. The minimum Gasteiger partial charge on any atom is -0.310 e. The minimum atomic E-state index is -0.694. The van der Waals surface area contributed by atoms with E-state index >= 15 is 0 Å². The van der Waals surface area contributed by atoms with Crippen LogP contribution in [0.3, 0.4) is 0 Å². The summed E-state index contributed by atoms with van der Waals surface area (Å²) < 4.78 is 7.71. The fourth-order valence-corrected chi connectivity index (χ4v) is 27.7. The molecule has 0 atom stereocenters. The molecule has 0 saturated heterocycles. The van der Waals surface area contributed by atoms with E-state index in [0.717, 1.165) is 73.4 Å². The van der Waals surface area contributed by atoms with E-state index in [1.165, 1.54) is 204 Å². The maximum Gasteiger partial charge on any atom is 0.0713 e. The predicted molar refractivity (Wildman–Crippen MR) is 627 cm³/mol. The van der Waals surface area contributed by atoms with E-state index in [-0.39, 0.29) is 5.41 Å². The first-order chi connectivity index (χ1) is 72.1. The quantitative estimate of drug-likeness (QED) is 0.0900. The third-order valence-corrected chi connectivity index (χ3v) is 34.8. The summed E-state index contributed by atoms with van der Waals surface area (Å²) in [7, 11) is 0. The lowest BCUT2D eigenvalue weighted by Crippen LogP contribution is -2.28. The summed E-state index contributed by atoms with van der Waals surface area (Å²) in [5.41, 5.74) is 35.6. The largest absolute Gasteiger partial charge is 0.310 e. The molecule has 684 valence electrons. The molecule has 0 N–H and O–H groups in total. The van der Waals surface area contributed by atoms with Crippen LogP contribution >= 0.6 is 34.0 Å². The van der Waals surface area contributed by atoms with Crippen molar-refractivity contribution in [1.29, 1.82) is 0 Å². The van der Waals surface area contributed by atoms with Crippen molar-refractivity contribution in [3.63, 3.8) is 0 Å². The number of anilines is 9. The Morgan fingerprint density at radius 2 is 0.445 bits per heavy atom. The van der Waals surface area contributed by atoms with Gasteiger partial charge in [-0.05, 0) is 318 Å². The van der Waals surface area contributed by atoms with E-state index in [4.69, 9.17) is 0 Å². The van der Waals surface area contributed by atoms with Gasteiger partial charge in [0.2, 0.25) is 0 Å². The van der Waals surface area contributed by atoms with Crippen molar-refractivity contribution in [1.82, 2.24) is 0 Å². The normalized spacial score (nSPS) is 12.8. The van der Waals surface area contributed by atoms with E-state index in [1.54, 1.807) is 0 Å². The lowest BCUT2D eigenvalue weighted by atomic mass is 9.67. The SMILES string of the molecule is CC1(C)c2cc(-c3ccc(-c4cccc(N(c5ccc(-c6ccc7c(c6)C(c6ccccc6)(c6ccccc6)c6cc(-c8ccc(-c9cccc(N(c%10ccc%11sc%12ccccc%12c%11c%10)c%10cccc%11ccccc%10%11)c9)c9ccccc89)ccc6-7)cc5)c5ccc6sc7ccccc7c6c5)c4)c4ccccc34)ccc2-c2ccc(N(c3cccc(-c4cccc5ccccc45)c3)c3ccc4sc5ccccc5c4c3)cc21. The molecule has 0 saturated carbocycles. The molecule has 3 heterocycles. The molecule has 146 heavy (non-hydrogen) atoms. The zero-order valence-corrected chi connectivity index (χ0v) is 82.6. The van der Waals surface area contributed by atoms with Crippen molar-refractivity contribution >= 4 is 189 Å². The maximum atomic E-state index is 2.53. The van der Waals surface area contributed by atoms with Gasteiger partial charge in [0, 0.05) is 117 Å². The van der Waals surface area contributed by atoms with Crippen molar-refractivity contribution in [3.05, 3.63) is 549 Å². The van der Waals surface area contributed by atoms with Crippen LogP contribution in [-0.4, -0.2) is 0 Å². The molecular weight excluding hydrogens is 1820 g/mol. The summed E-state index contributed by atoms with van der Waals surface area (Å²) in [6.45, 7) is 4.85. The van der Waals surface area contributed by atoms with Crippen molar-refractivity contribution < 1.29 is 0 Å². The summed E-state index contributed by atoms with van der Waals surface area (Å²) in [5.74, 6) is 0. The molecule has 2 aliphatic rings. The zero-order chi connectivity index (χ0) is 96.4. The Hall–Kier alpha value is -17.6. The average Bonchev–Trinajstić information content (AvgIpc) is 1.53. The first-order valence-electron chi connectivity index (χ1n) is 50.4.